The van der Waals surface area contributed by atoms with Gasteiger partial charge < -0.3 is 4.90 Å². The number of para-hydroxylation sites is 1. The van der Waals surface area contributed by atoms with Gasteiger partial charge in [-0.15, -0.1) is 0 Å². The van der Waals surface area contributed by atoms with Gasteiger partial charge in [-0.3, -0.25) is 5.43 Å². The second-order valence-electron chi connectivity index (χ2n) is 6.13. The van der Waals surface area contributed by atoms with Crippen LogP contribution in [0.5, 0.6) is 0 Å². The van der Waals surface area contributed by atoms with Crippen LogP contribution in [-0.4, -0.2) is 22.6 Å². The van der Waals surface area contributed by atoms with Gasteiger partial charge in [-0.1, -0.05) is 18.6 Å². The van der Waals surface area contributed by atoms with Gasteiger partial charge in [-0.2, -0.15) is 4.98 Å². The summed E-state index contributed by atoms with van der Waals surface area (Å²) in [5, 5.41) is 1.13. The molecule has 0 bridgehead atoms. The number of hydrogen-bond donors (Lipinski definition) is 2. The molecule has 21 heavy (non-hydrogen) atoms. The summed E-state index contributed by atoms with van der Waals surface area (Å²) in [6.45, 7) is 1.09. The van der Waals surface area contributed by atoms with Crippen LogP contribution in [0.2, 0.25) is 0 Å². The van der Waals surface area contributed by atoms with Crippen LogP contribution < -0.4 is 16.2 Å². The summed E-state index contributed by atoms with van der Waals surface area (Å²) < 4.78 is 0. The molecule has 5 heteroatoms. The third kappa shape index (κ3) is 2.12. The number of aromatic nitrogens is 2. The molecule has 110 valence electrons. The average molecular weight is 283 g/mol. The number of fused-ring (bicyclic) bond motifs is 2. The van der Waals surface area contributed by atoms with Gasteiger partial charge in [0.25, 0.3) is 0 Å². The second-order valence-corrected chi connectivity index (χ2v) is 6.13. The number of piperidine rings is 1. The zero-order valence-electron chi connectivity index (χ0n) is 12.1. The van der Waals surface area contributed by atoms with Crippen molar-refractivity contribution in [3.8, 4) is 0 Å². The summed E-state index contributed by atoms with van der Waals surface area (Å²) in [5.74, 6) is 7.94. The largest absolute Gasteiger partial charge is 0.353 e. The fraction of sp³-hybridized carbons (Fsp3) is 0.500. The van der Waals surface area contributed by atoms with Crippen molar-refractivity contribution in [3.63, 3.8) is 0 Å². The maximum absolute atomic E-state index is 5.55. The maximum Gasteiger partial charge on any atom is 0.239 e. The molecule has 2 unspecified atom stereocenters. The summed E-state index contributed by atoms with van der Waals surface area (Å²) in [7, 11) is 0. The lowest BCUT2D eigenvalue weighted by molar-refractivity contribution is 0.361. The molecule has 2 aliphatic rings. The number of nitrogen functional groups attached to an aromatic ring is 1. The number of nitrogens with zero attached hydrogens (tertiary/aromatic N) is 3. The van der Waals surface area contributed by atoms with Crippen LogP contribution in [0.3, 0.4) is 0 Å². The molecule has 0 spiro atoms. The number of benzene rings is 1. The van der Waals surface area contributed by atoms with Gasteiger partial charge in [-0.25, -0.2) is 10.8 Å². The van der Waals surface area contributed by atoms with Gasteiger partial charge in [0.05, 0.1) is 5.52 Å². The van der Waals surface area contributed by atoms with Gasteiger partial charge in [0.2, 0.25) is 5.95 Å². The monoisotopic (exact) mass is 283 g/mol. The molecule has 2 heterocycles. The Labute approximate surface area is 124 Å². The third-order valence-electron chi connectivity index (χ3n) is 4.98. The standard InChI is InChI=1S/C16H21N5/c17-20-16-18-13-8-2-1-7-12(13)15(19-16)21-10-4-6-11-5-3-9-14(11)21/h1-2,7-8,11,14H,3-6,9-10,17H2,(H,18,19,20). The SMILES string of the molecule is NNc1nc(N2CCCC3CCCC32)c2ccccc2n1. The highest BCUT2D eigenvalue weighted by molar-refractivity contribution is 5.90. The van der Waals surface area contributed by atoms with E-state index < -0.39 is 0 Å². The van der Waals surface area contributed by atoms with E-state index in [1.165, 1.54) is 32.1 Å². The Balaban J connectivity index is 1.84. The number of hydrazine groups is 1. The van der Waals surface area contributed by atoms with Gasteiger partial charge in [0.1, 0.15) is 5.82 Å². The van der Waals surface area contributed by atoms with Crippen LogP contribution in [-0.2, 0) is 0 Å². The van der Waals surface area contributed by atoms with Crippen LogP contribution >= 0.6 is 0 Å². The van der Waals surface area contributed by atoms with Crippen molar-refractivity contribution in [3.05, 3.63) is 24.3 Å². The molecular weight excluding hydrogens is 262 g/mol. The molecule has 4 rings (SSSR count). The summed E-state index contributed by atoms with van der Waals surface area (Å²) in [4.78, 5) is 11.6. The van der Waals surface area contributed by atoms with Gasteiger partial charge in [0, 0.05) is 18.0 Å². The van der Waals surface area contributed by atoms with Gasteiger partial charge >= 0.3 is 0 Å². The van der Waals surface area contributed by atoms with E-state index in [-0.39, 0.29) is 0 Å². The summed E-state index contributed by atoms with van der Waals surface area (Å²) >= 11 is 0. The van der Waals surface area contributed by atoms with Crippen LogP contribution in [0.4, 0.5) is 11.8 Å². The summed E-state index contributed by atoms with van der Waals surface area (Å²) in [6.07, 6.45) is 6.62. The summed E-state index contributed by atoms with van der Waals surface area (Å²) in [6, 6.07) is 8.85. The Hall–Kier alpha value is -1.88. The van der Waals surface area contributed by atoms with E-state index in [9.17, 15) is 0 Å². The topological polar surface area (TPSA) is 67.1 Å². The van der Waals surface area contributed by atoms with Crippen LogP contribution in [0.15, 0.2) is 24.3 Å². The second kappa shape index (κ2) is 5.15. The quantitative estimate of drug-likeness (QED) is 0.655. The first-order chi connectivity index (χ1) is 10.4. The normalized spacial score (nSPS) is 25.1. The van der Waals surface area contributed by atoms with Crippen LogP contribution in [0, 0.1) is 5.92 Å². The van der Waals surface area contributed by atoms with Crippen molar-refractivity contribution >= 4 is 22.7 Å². The minimum Gasteiger partial charge on any atom is -0.353 e. The van der Waals surface area contributed by atoms with Crippen molar-refractivity contribution in [1.29, 1.82) is 0 Å². The first-order valence-corrected chi connectivity index (χ1v) is 7.87. The number of nitrogens with one attached hydrogen (secondary N) is 1. The molecule has 3 N–H and O–H groups in total. The number of nitrogens with two attached hydrogens (primary N) is 1. The molecule has 1 aliphatic carbocycles. The maximum atomic E-state index is 5.55. The molecule has 1 aromatic heterocycles. The van der Waals surface area contributed by atoms with Gasteiger partial charge in [-0.05, 0) is 43.7 Å². The van der Waals surface area contributed by atoms with E-state index in [0.29, 0.717) is 12.0 Å². The minimum atomic E-state index is 0.504. The van der Waals surface area contributed by atoms with Crippen molar-refractivity contribution in [2.24, 2.45) is 11.8 Å². The van der Waals surface area contributed by atoms with E-state index >= 15 is 0 Å². The number of anilines is 2. The Kier molecular flexibility index (Phi) is 3.15. The lowest BCUT2D eigenvalue weighted by atomic mass is 9.92. The Bertz CT molecular complexity index is 656. The molecule has 1 aliphatic heterocycles. The Morgan fingerprint density at radius 2 is 1.95 bits per heavy atom. The number of rotatable bonds is 2. The third-order valence-corrected chi connectivity index (χ3v) is 4.98. The molecule has 2 aromatic rings. The highest BCUT2D eigenvalue weighted by Crippen LogP contribution is 2.40. The smallest absolute Gasteiger partial charge is 0.239 e. The zero-order valence-corrected chi connectivity index (χ0v) is 12.1. The zero-order chi connectivity index (χ0) is 14.2. The molecule has 1 aromatic carbocycles. The molecule has 0 amide bonds. The van der Waals surface area contributed by atoms with Crippen molar-refractivity contribution in [2.75, 3.05) is 16.9 Å². The molecule has 5 nitrogen and oxygen atoms in total. The average Bonchev–Trinajstić information content (AvgIpc) is 3.02. The van der Waals surface area contributed by atoms with E-state index in [4.69, 9.17) is 5.84 Å². The van der Waals surface area contributed by atoms with E-state index in [1.54, 1.807) is 0 Å². The molecule has 1 saturated heterocycles. The first kappa shape index (κ1) is 12.8. The lowest BCUT2D eigenvalue weighted by Gasteiger charge is -2.39. The van der Waals surface area contributed by atoms with Crippen molar-refractivity contribution in [1.82, 2.24) is 9.97 Å². The van der Waals surface area contributed by atoms with Crippen LogP contribution in [0.25, 0.3) is 10.9 Å². The molecule has 1 saturated carbocycles. The van der Waals surface area contributed by atoms with Crippen molar-refractivity contribution in [2.45, 2.75) is 38.1 Å². The predicted octanol–water partition coefficient (Wildman–Crippen LogP) is 2.68. The number of hydrogen-bond acceptors (Lipinski definition) is 5. The highest BCUT2D eigenvalue weighted by Gasteiger charge is 2.36. The highest BCUT2D eigenvalue weighted by atomic mass is 15.3. The first-order valence-electron chi connectivity index (χ1n) is 7.87. The summed E-state index contributed by atoms with van der Waals surface area (Å²) in [5.41, 5.74) is 3.56. The van der Waals surface area contributed by atoms with E-state index in [1.807, 2.05) is 12.1 Å². The van der Waals surface area contributed by atoms with Gasteiger partial charge in [0.15, 0.2) is 0 Å². The Morgan fingerprint density at radius 3 is 2.86 bits per heavy atom. The minimum absolute atomic E-state index is 0.504. The van der Waals surface area contributed by atoms with Crippen LogP contribution in [0.1, 0.15) is 32.1 Å². The molecule has 0 radical (unpaired) electrons. The fourth-order valence-electron chi connectivity index (χ4n) is 4.06. The molecular formula is C16H21N5. The fourth-order valence-corrected chi connectivity index (χ4v) is 4.06. The van der Waals surface area contributed by atoms with E-state index in [2.05, 4.69) is 32.4 Å². The molecule has 2 atom stereocenters. The Morgan fingerprint density at radius 1 is 1.10 bits per heavy atom. The van der Waals surface area contributed by atoms with Crippen molar-refractivity contribution < 1.29 is 0 Å². The molecule has 2 fully saturated rings. The lowest BCUT2D eigenvalue weighted by Crippen LogP contribution is -2.43. The predicted molar refractivity (Wildman–Crippen MR) is 85.1 cm³/mol. The van der Waals surface area contributed by atoms with E-state index in [0.717, 1.165) is 29.2 Å².